The molecule has 0 radical (unpaired) electrons. The fraction of sp³-hybridized carbons (Fsp3) is 0.176. The highest BCUT2D eigenvalue weighted by Gasteiger charge is 2.08. The average Bonchev–Trinajstić information content (AvgIpc) is 2.47. The minimum atomic E-state index is 0.234. The first-order chi connectivity index (χ1) is 9.70. The van der Waals surface area contributed by atoms with Crippen molar-refractivity contribution in [1.29, 1.82) is 0 Å². The third-order valence-electron chi connectivity index (χ3n) is 2.99. The predicted molar refractivity (Wildman–Crippen MR) is 90.9 cm³/mol. The zero-order chi connectivity index (χ0) is 14.4. The normalized spacial score (nSPS) is 11.9. The Kier molecular flexibility index (Phi) is 5.57. The number of rotatable bonds is 6. The van der Waals surface area contributed by atoms with Gasteiger partial charge in [0, 0.05) is 27.4 Å². The van der Waals surface area contributed by atoms with Crippen LogP contribution in [0.5, 0.6) is 0 Å². The van der Waals surface area contributed by atoms with E-state index in [0.717, 1.165) is 16.5 Å². The molecule has 20 heavy (non-hydrogen) atoms. The molecule has 0 saturated heterocycles. The Morgan fingerprint density at radius 2 is 1.90 bits per heavy atom. The largest absolute Gasteiger partial charge is 0.378 e. The van der Waals surface area contributed by atoms with Gasteiger partial charge in [-0.2, -0.15) is 0 Å². The number of thioether (sulfide) groups is 1. The van der Waals surface area contributed by atoms with Crippen LogP contribution in [-0.2, 0) is 0 Å². The zero-order valence-corrected chi connectivity index (χ0v) is 13.0. The molecule has 0 aliphatic rings. The second-order valence-electron chi connectivity index (χ2n) is 4.51. The number of hydrogen-bond acceptors (Lipinski definition) is 2. The van der Waals surface area contributed by atoms with Gasteiger partial charge in [0.2, 0.25) is 0 Å². The van der Waals surface area contributed by atoms with Gasteiger partial charge in [0.25, 0.3) is 0 Å². The summed E-state index contributed by atoms with van der Waals surface area (Å²) in [6, 6.07) is 16.5. The van der Waals surface area contributed by atoms with Crippen LogP contribution in [0.2, 0.25) is 5.02 Å². The fourth-order valence-corrected chi connectivity index (χ4v) is 2.81. The summed E-state index contributed by atoms with van der Waals surface area (Å²) in [5, 5.41) is 4.32. The number of benzene rings is 2. The van der Waals surface area contributed by atoms with Gasteiger partial charge in [-0.1, -0.05) is 41.9 Å². The molecule has 0 heterocycles. The lowest BCUT2D eigenvalue weighted by molar-refractivity contribution is 0.879. The molecule has 0 fully saturated rings. The van der Waals surface area contributed by atoms with Gasteiger partial charge in [-0.25, -0.2) is 0 Å². The van der Waals surface area contributed by atoms with Crippen molar-refractivity contribution in [3.8, 4) is 0 Å². The van der Waals surface area contributed by atoms with E-state index in [1.165, 1.54) is 10.5 Å². The molecule has 2 aromatic rings. The van der Waals surface area contributed by atoms with E-state index >= 15 is 0 Å². The van der Waals surface area contributed by atoms with Gasteiger partial charge >= 0.3 is 0 Å². The van der Waals surface area contributed by atoms with Crippen LogP contribution < -0.4 is 5.32 Å². The summed E-state index contributed by atoms with van der Waals surface area (Å²) >= 11 is 7.71. The second-order valence-corrected chi connectivity index (χ2v) is 6.01. The third-order valence-corrected chi connectivity index (χ3v) is 4.31. The first-order valence-corrected chi connectivity index (χ1v) is 7.92. The SMILES string of the molecule is C=CCSc1ccccc1NC(C)c1ccc(Cl)cc1. The first-order valence-electron chi connectivity index (χ1n) is 6.55. The van der Waals surface area contributed by atoms with E-state index < -0.39 is 0 Å². The summed E-state index contributed by atoms with van der Waals surface area (Å²) in [5.74, 6) is 0.911. The number of halogens is 1. The van der Waals surface area contributed by atoms with Crippen LogP contribution in [0.1, 0.15) is 18.5 Å². The van der Waals surface area contributed by atoms with Crippen LogP contribution in [0.25, 0.3) is 0 Å². The number of anilines is 1. The van der Waals surface area contributed by atoms with E-state index in [4.69, 9.17) is 11.6 Å². The molecule has 0 aromatic heterocycles. The minimum Gasteiger partial charge on any atom is -0.378 e. The second kappa shape index (κ2) is 7.41. The number of nitrogens with one attached hydrogen (secondary N) is 1. The summed E-state index contributed by atoms with van der Waals surface area (Å²) in [5.41, 5.74) is 2.37. The summed E-state index contributed by atoms with van der Waals surface area (Å²) in [6.07, 6.45) is 1.92. The minimum absolute atomic E-state index is 0.234. The van der Waals surface area contributed by atoms with Crippen molar-refractivity contribution in [3.63, 3.8) is 0 Å². The van der Waals surface area contributed by atoms with Crippen molar-refractivity contribution in [2.24, 2.45) is 0 Å². The molecule has 1 unspecified atom stereocenters. The molecule has 1 N–H and O–H groups in total. The molecule has 0 saturated carbocycles. The van der Waals surface area contributed by atoms with E-state index in [1.807, 2.05) is 18.2 Å². The van der Waals surface area contributed by atoms with Crippen LogP contribution in [0.15, 0.2) is 66.1 Å². The Balaban J connectivity index is 2.12. The monoisotopic (exact) mass is 303 g/mol. The van der Waals surface area contributed by atoms with Crippen molar-refractivity contribution in [2.45, 2.75) is 17.9 Å². The molecule has 0 aliphatic carbocycles. The molecule has 0 aliphatic heterocycles. The van der Waals surface area contributed by atoms with Crippen molar-refractivity contribution in [3.05, 3.63) is 71.8 Å². The van der Waals surface area contributed by atoms with Gasteiger partial charge in [0.05, 0.1) is 0 Å². The maximum absolute atomic E-state index is 5.93. The van der Waals surface area contributed by atoms with E-state index in [2.05, 4.69) is 55.2 Å². The van der Waals surface area contributed by atoms with Gasteiger partial charge in [0.15, 0.2) is 0 Å². The molecule has 2 aromatic carbocycles. The lowest BCUT2D eigenvalue weighted by Gasteiger charge is -2.18. The summed E-state index contributed by atoms with van der Waals surface area (Å²) in [7, 11) is 0. The lowest BCUT2D eigenvalue weighted by atomic mass is 10.1. The molecule has 3 heteroatoms. The summed E-state index contributed by atoms with van der Waals surface area (Å²) in [4.78, 5) is 1.24. The van der Waals surface area contributed by atoms with Gasteiger partial charge < -0.3 is 5.32 Å². The Morgan fingerprint density at radius 1 is 1.20 bits per heavy atom. The molecule has 0 spiro atoms. The molecule has 104 valence electrons. The van der Waals surface area contributed by atoms with Crippen LogP contribution in [0, 0.1) is 0 Å². The molecule has 2 rings (SSSR count). The van der Waals surface area contributed by atoms with Gasteiger partial charge in [-0.15, -0.1) is 18.3 Å². The standard InChI is InChI=1S/C17H18ClNS/c1-3-12-20-17-7-5-4-6-16(17)19-13(2)14-8-10-15(18)11-9-14/h3-11,13,19H,1,12H2,2H3. The molecule has 1 nitrogen and oxygen atoms in total. The molecule has 0 amide bonds. The van der Waals surface area contributed by atoms with Crippen LogP contribution in [0.3, 0.4) is 0 Å². The third kappa shape index (κ3) is 4.06. The summed E-state index contributed by atoms with van der Waals surface area (Å²) in [6.45, 7) is 5.92. The van der Waals surface area contributed by atoms with Crippen molar-refractivity contribution in [1.82, 2.24) is 0 Å². The summed E-state index contributed by atoms with van der Waals surface area (Å²) < 4.78 is 0. The van der Waals surface area contributed by atoms with Crippen LogP contribution in [0.4, 0.5) is 5.69 Å². The van der Waals surface area contributed by atoms with E-state index in [0.29, 0.717) is 0 Å². The molecule has 0 bridgehead atoms. The van der Waals surface area contributed by atoms with Gasteiger partial charge in [-0.3, -0.25) is 0 Å². The smallest absolute Gasteiger partial charge is 0.0486 e. The molecular formula is C17H18ClNS. The quantitative estimate of drug-likeness (QED) is 0.535. The Hall–Kier alpha value is -1.38. The van der Waals surface area contributed by atoms with Crippen molar-refractivity contribution in [2.75, 3.05) is 11.1 Å². The van der Waals surface area contributed by atoms with Crippen molar-refractivity contribution >= 4 is 29.1 Å². The van der Waals surface area contributed by atoms with Crippen LogP contribution >= 0.6 is 23.4 Å². The van der Waals surface area contributed by atoms with Crippen molar-refractivity contribution < 1.29 is 0 Å². The Labute approximate surface area is 130 Å². The van der Waals surface area contributed by atoms with E-state index in [1.54, 1.807) is 11.8 Å². The van der Waals surface area contributed by atoms with Gasteiger partial charge in [-0.05, 0) is 36.8 Å². The Morgan fingerprint density at radius 3 is 2.60 bits per heavy atom. The highest BCUT2D eigenvalue weighted by molar-refractivity contribution is 7.99. The maximum atomic E-state index is 5.93. The van der Waals surface area contributed by atoms with E-state index in [-0.39, 0.29) is 6.04 Å². The zero-order valence-electron chi connectivity index (χ0n) is 11.5. The molecule has 1 atom stereocenters. The highest BCUT2D eigenvalue weighted by Crippen LogP contribution is 2.30. The average molecular weight is 304 g/mol. The highest BCUT2D eigenvalue weighted by atomic mass is 35.5. The van der Waals surface area contributed by atoms with Crippen LogP contribution in [-0.4, -0.2) is 5.75 Å². The number of hydrogen-bond donors (Lipinski definition) is 1. The van der Waals surface area contributed by atoms with E-state index in [9.17, 15) is 0 Å². The predicted octanol–water partition coefficient (Wildman–Crippen LogP) is 5.79. The number of para-hydroxylation sites is 1. The van der Waals surface area contributed by atoms with Gasteiger partial charge in [0.1, 0.15) is 0 Å². The fourth-order valence-electron chi connectivity index (χ4n) is 1.93. The Bertz CT molecular complexity index is 565. The maximum Gasteiger partial charge on any atom is 0.0486 e. The topological polar surface area (TPSA) is 12.0 Å². The lowest BCUT2D eigenvalue weighted by Crippen LogP contribution is -2.07. The first kappa shape index (κ1) is 15.0. The molecular weight excluding hydrogens is 286 g/mol.